The van der Waals surface area contributed by atoms with Crippen LogP contribution in [0.1, 0.15) is 13.8 Å². The van der Waals surface area contributed by atoms with Crippen LogP contribution in [0.3, 0.4) is 0 Å². The summed E-state index contributed by atoms with van der Waals surface area (Å²) in [7, 11) is -0.816. The average molecular weight is 462 g/mol. The predicted molar refractivity (Wildman–Crippen MR) is 146 cm³/mol. The molecular formula is C31H28NOP. The average Bonchev–Trinajstić information content (AvgIpc) is 3.55. The molecule has 1 heterocycles. The van der Waals surface area contributed by atoms with Gasteiger partial charge in [0.05, 0.1) is 6.04 Å². The minimum absolute atomic E-state index is 0.346. The van der Waals surface area contributed by atoms with Crippen molar-refractivity contribution in [1.29, 1.82) is 0 Å². The van der Waals surface area contributed by atoms with Gasteiger partial charge in [-0.05, 0) is 57.4 Å². The fraction of sp³-hybridized carbons (Fsp3) is 0.161. The Labute approximate surface area is 202 Å². The molecule has 4 aromatic carbocycles. The van der Waals surface area contributed by atoms with E-state index in [1.54, 1.807) is 0 Å². The van der Waals surface area contributed by atoms with Crippen LogP contribution >= 0.6 is 7.92 Å². The number of allylic oxidation sites excluding steroid dienone is 5. The molecule has 0 unspecified atom stereocenters. The smallest absolute Gasteiger partial charge is 0.195 e. The number of fused-ring (bicyclic) bond motifs is 2. The standard InChI is InChI=1S/C31H28NOP/c1-21(2)27-20-33-31(32-27)26-16-9-19-30(26)34(28-17-7-12-22-10-3-5-14-24(22)28)29-18-8-13-23-11-4-6-15-25(23)29/h3-19,21,27,32H,20H2,1-2H3/t27-/m0/s1. The summed E-state index contributed by atoms with van der Waals surface area (Å²) < 4.78 is 6.22. The molecule has 1 N–H and O–H groups in total. The van der Waals surface area contributed by atoms with Gasteiger partial charge in [-0.3, -0.25) is 0 Å². The first kappa shape index (κ1) is 21.2. The Morgan fingerprint density at radius 1 is 0.794 bits per heavy atom. The zero-order valence-electron chi connectivity index (χ0n) is 19.5. The maximum Gasteiger partial charge on any atom is 0.195 e. The third-order valence-electron chi connectivity index (χ3n) is 6.82. The number of ether oxygens (including phenoxy) is 1. The van der Waals surface area contributed by atoms with Gasteiger partial charge in [-0.2, -0.15) is 0 Å². The van der Waals surface area contributed by atoms with Gasteiger partial charge in [0.15, 0.2) is 5.88 Å². The second-order valence-electron chi connectivity index (χ2n) is 9.29. The molecule has 34 heavy (non-hydrogen) atoms. The van der Waals surface area contributed by atoms with Crippen molar-refractivity contribution < 1.29 is 4.74 Å². The van der Waals surface area contributed by atoms with Crippen LogP contribution in [0.25, 0.3) is 21.5 Å². The van der Waals surface area contributed by atoms with Gasteiger partial charge in [-0.25, -0.2) is 0 Å². The van der Waals surface area contributed by atoms with Crippen molar-refractivity contribution in [3.8, 4) is 0 Å². The summed E-state index contributed by atoms with van der Waals surface area (Å²) in [5.41, 5.74) is 1.19. The Kier molecular flexibility index (Phi) is 5.47. The van der Waals surface area contributed by atoms with Crippen molar-refractivity contribution >= 4 is 40.1 Å². The molecule has 1 fully saturated rings. The van der Waals surface area contributed by atoms with Gasteiger partial charge >= 0.3 is 0 Å². The van der Waals surface area contributed by atoms with Crippen molar-refractivity contribution in [3.05, 3.63) is 120 Å². The first-order valence-corrected chi connectivity index (χ1v) is 13.3. The van der Waals surface area contributed by atoms with Crippen LogP contribution in [0, 0.1) is 5.92 Å². The number of hydrogen-bond acceptors (Lipinski definition) is 2. The quantitative estimate of drug-likeness (QED) is 0.340. The Hall–Kier alpha value is -3.35. The van der Waals surface area contributed by atoms with Crippen molar-refractivity contribution in [2.75, 3.05) is 6.61 Å². The van der Waals surface area contributed by atoms with Gasteiger partial charge in [0.2, 0.25) is 0 Å². The second kappa shape index (κ2) is 8.78. The van der Waals surface area contributed by atoms with E-state index in [0.717, 1.165) is 12.5 Å². The summed E-state index contributed by atoms with van der Waals surface area (Å²) in [4.78, 5) is 0. The third-order valence-corrected chi connectivity index (χ3v) is 9.44. The van der Waals surface area contributed by atoms with E-state index in [-0.39, 0.29) is 0 Å². The van der Waals surface area contributed by atoms with Gasteiger partial charge in [0.1, 0.15) is 6.61 Å². The van der Waals surface area contributed by atoms with Crippen molar-refractivity contribution in [2.45, 2.75) is 19.9 Å². The lowest BCUT2D eigenvalue weighted by Gasteiger charge is -2.25. The highest BCUT2D eigenvalue weighted by Crippen LogP contribution is 2.52. The molecule has 1 atom stereocenters. The van der Waals surface area contributed by atoms with E-state index < -0.39 is 7.92 Å². The molecule has 1 aliphatic carbocycles. The number of hydrogen-bond donors (Lipinski definition) is 1. The minimum atomic E-state index is -0.816. The molecule has 168 valence electrons. The Bertz CT molecular complexity index is 1390. The summed E-state index contributed by atoms with van der Waals surface area (Å²) in [6.45, 7) is 5.21. The molecule has 0 radical (unpaired) electrons. The largest absolute Gasteiger partial charge is 0.477 e. The van der Waals surface area contributed by atoms with Crippen LogP contribution in [-0.4, -0.2) is 12.6 Å². The molecule has 6 rings (SSSR count). The topological polar surface area (TPSA) is 21.3 Å². The van der Waals surface area contributed by atoms with E-state index in [2.05, 4.69) is 122 Å². The highest BCUT2D eigenvalue weighted by Gasteiger charge is 2.31. The zero-order chi connectivity index (χ0) is 23.1. The summed E-state index contributed by atoms with van der Waals surface area (Å²) in [5, 5.41) is 13.0. The van der Waals surface area contributed by atoms with Crippen LogP contribution in [0.4, 0.5) is 0 Å². The van der Waals surface area contributed by atoms with Crippen LogP contribution in [0.5, 0.6) is 0 Å². The molecule has 0 bridgehead atoms. The summed E-state index contributed by atoms with van der Waals surface area (Å²) in [6, 6.07) is 31.3. The molecule has 1 aliphatic heterocycles. The van der Waals surface area contributed by atoms with Crippen molar-refractivity contribution in [2.24, 2.45) is 5.92 Å². The number of nitrogens with one attached hydrogen (secondary N) is 1. The fourth-order valence-corrected chi connectivity index (χ4v) is 7.72. The van der Waals surface area contributed by atoms with E-state index in [0.29, 0.717) is 12.0 Å². The SMILES string of the molecule is CC(C)[C@@H]1COC(=C2C=CC=C2P(c2cccc3ccccc23)c2cccc3ccccc23)N1. The highest BCUT2D eigenvalue weighted by molar-refractivity contribution is 7.78. The van der Waals surface area contributed by atoms with Crippen LogP contribution in [0.15, 0.2) is 120 Å². The van der Waals surface area contributed by atoms with Gasteiger partial charge in [0, 0.05) is 5.57 Å². The Balaban J connectivity index is 1.58. The molecule has 1 saturated heterocycles. The Morgan fingerprint density at radius 3 is 1.97 bits per heavy atom. The van der Waals surface area contributed by atoms with Gasteiger partial charge in [0.25, 0.3) is 0 Å². The monoisotopic (exact) mass is 461 g/mol. The van der Waals surface area contributed by atoms with E-state index >= 15 is 0 Å². The van der Waals surface area contributed by atoms with Crippen LogP contribution in [-0.2, 0) is 4.74 Å². The molecule has 2 aliphatic rings. The van der Waals surface area contributed by atoms with E-state index in [1.165, 1.54) is 43.0 Å². The van der Waals surface area contributed by atoms with Crippen LogP contribution < -0.4 is 15.9 Å². The van der Waals surface area contributed by atoms with Gasteiger partial charge in [-0.15, -0.1) is 0 Å². The maximum atomic E-state index is 6.22. The van der Waals surface area contributed by atoms with Crippen molar-refractivity contribution in [3.63, 3.8) is 0 Å². The first-order chi connectivity index (χ1) is 16.7. The van der Waals surface area contributed by atoms with Gasteiger partial charge < -0.3 is 10.1 Å². The summed E-state index contributed by atoms with van der Waals surface area (Å²) in [6.07, 6.45) is 6.69. The highest BCUT2D eigenvalue weighted by atomic mass is 31.1. The molecule has 0 spiro atoms. The number of benzene rings is 4. The zero-order valence-corrected chi connectivity index (χ0v) is 20.4. The predicted octanol–water partition coefficient (Wildman–Crippen LogP) is 6.74. The third kappa shape index (κ3) is 3.63. The summed E-state index contributed by atoms with van der Waals surface area (Å²) >= 11 is 0. The van der Waals surface area contributed by atoms with E-state index in [4.69, 9.17) is 4.74 Å². The lowest BCUT2D eigenvalue weighted by atomic mass is 10.1. The molecule has 4 aromatic rings. The van der Waals surface area contributed by atoms with Crippen LogP contribution in [0.2, 0.25) is 0 Å². The minimum Gasteiger partial charge on any atom is -0.477 e. The van der Waals surface area contributed by atoms with Gasteiger partial charge in [-0.1, -0.05) is 111 Å². The molecule has 3 heteroatoms. The summed E-state index contributed by atoms with van der Waals surface area (Å²) in [5.74, 6) is 1.44. The van der Waals surface area contributed by atoms with Crippen molar-refractivity contribution in [1.82, 2.24) is 5.32 Å². The molecule has 0 amide bonds. The second-order valence-corrected chi connectivity index (χ2v) is 11.4. The van der Waals surface area contributed by atoms with E-state index in [1.807, 2.05) is 0 Å². The van der Waals surface area contributed by atoms with E-state index in [9.17, 15) is 0 Å². The Morgan fingerprint density at radius 2 is 1.38 bits per heavy atom. The molecule has 2 nitrogen and oxygen atoms in total. The maximum absolute atomic E-state index is 6.22. The normalized spacial score (nSPS) is 19.8. The lowest BCUT2D eigenvalue weighted by molar-refractivity contribution is 0.242. The lowest BCUT2D eigenvalue weighted by Crippen LogP contribution is -2.28. The molecule has 0 saturated carbocycles. The number of rotatable bonds is 4. The molecular weight excluding hydrogens is 433 g/mol. The first-order valence-electron chi connectivity index (χ1n) is 12.0. The molecule has 0 aromatic heterocycles. The fourth-order valence-electron chi connectivity index (χ4n) is 4.93.